The Morgan fingerprint density at radius 2 is 2.05 bits per heavy atom. The molecule has 1 aromatic rings. The number of piperidine rings is 1. The summed E-state index contributed by atoms with van der Waals surface area (Å²) in [6, 6.07) is 7.06. The van der Waals surface area contributed by atoms with E-state index >= 15 is 0 Å². The van der Waals surface area contributed by atoms with Crippen LogP contribution in [0.25, 0.3) is 0 Å². The van der Waals surface area contributed by atoms with Crippen molar-refractivity contribution in [1.82, 2.24) is 5.32 Å². The fourth-order valence-electron chi connectivity index (χ4n) is 3.08. The molecule has 1 aliphatic heterocycles. The van der Waals surface area contributed by atoms with Gasteiger partial charge in [0.05, 0.1) is 6.61 Å². The lowest BCUT2D eigenvalue weighted by Gasteiger charge is -2.27. The van der Waals surface area contributed by atoms with Crippen molar-refractivity contribution in [3.63, 3.8) is 0 Å². The SMILES string of the molecule is Brc1ccc(OCC2CCC2)c(CC2CCCCN2)c1. The van der Waals surface area contributed by atoms with Crippen LogP contribution in [0.5, 0.6) is 5.75 Å². The van der Waals surface area contributed by atoms with Gasteiger partial charge in [-0.15, -0.1) is 0 Å². The summed E-state index contributed by atoms with van der Waals surface area (Å²) in [6.07, 6.45) is 9.11. The number of hydrogen-bond donors (Lipinski definition) is 1. The smallest absolute Gasteiger partial charge is 0.122 e. The van der Waals surface area contributed by atoms with Crippen LogP contribution in [-0.2, 0) is 6.42 Å². The fraction of sp³-hybridized carbons (Fsp3) is 0.647. The zero-order chi connectivity index (χ0) is 13.8. The third kappa shape index (κ3) is 3.76. The standard InChI is InChI=1S/C17H24BrNO/c18-15-7-8-17(20-12-13-4-3-5-13)14(10-15)11-16-6-1-2-9-19-16/h7-8,10,13,16,19H,1-6,9,11-12H2. The van der Waals surface area contributed by atoms with E-state index in [-0.39, 0.29) is 0 Å². The summed E-state index contributed by atoms with van der Waals surface area (Å²) in [6.45, 7) is 2.06. The van der Waals surface area contributed by atoms with Crippen molar-refractivity contribution in [3.05, 3.63) is 28.2 Å². The Morgan fingerprint density at radius 3 is 2.75 bits per heavy atom. The summed E-state index contributed by atoms with van der Waals surface area (Å²) in [5, 5.41) is 3.63. The molecule has 0 aromatic heterocycles. The van der Waals surface area contributed by atoms with Gasteiger partial charge in [0.1, 0.15) is 5.75 Å². The van der Waals surface area contributed by atoms with Crippen LogP contribution < -0.4 is 10.1 Å². The van der Waals surface area contributed by atoms with E-state index in [1.54, 1.807) is 0 Å². The van der Waals surface area contributed by atoms with Gasteiger partial charge in [0.25, 0.3) is 0 Å². The quantitative estimate of drug-likeness (QED) is 0.864. The van der Waals surface area contributed by atoms with Crippen molar-refractivity contribution in [2.75, 3.05) is 13.2 Å². The minimum Gasteiger partial charge on any atom is -0.493 e. The molecule has 0 spiro atoms. The molecule has 1 heterocycles. The van der Waals surface area contributed by atoms with Crippen molar-refractivity contribution >= 4 is 15.9 Å². The van der Waals surface area contributed by atoms with Crippen LogP contribution in [0.3, 0.4) is 0 Å². The Hall–Kier alpha value is -0.540. The Bertz CT molecular complexity index is 439. The Labute approximate surface area is 130 Å². The maximum absolute atomic E-state index is 6.09. The molecule has 1 saturated heterocycles. The van der Waals surface area contributed by atoms with Crippen molar-refractivity contribution < 1.29 is 4.74 Å². The molecule has 3 rings (SSSR count). The zero-order valence-corrected chi connectivity index (χ0v) is 13.6. The first-order valence-corrected chi connectivity index (χ1v) is 8.75. The predicted octanol–water partition coefficient (Wildman–Crippen LogP) is 4.31. The molecular weight excluding hydrogens is 314 g/mol. The average molecular weight is 338 g/mol. The lowest BCUT2D eigenvalue weighted by atomic mass is 9.86. The molecule has 20 heavy (non-hydrogen) atoms. The molecule has 1 saturated carbocycles. The number of benzene rings is 1. The highest BCUT2D eigenvalue weighted by Gasteiger charge is 2.20. The molecule has 1 aliphatic carbocycles. The first-order valence-electron chi connectivity index (χ1n) is 7.96. The van der Waals surface area contributed by atoms with E-state index in [4.69, 9.17) is 4.74 Å². The van der Waals surface area contributed by atoms with E-state index in [0.717, 1.165) is 35.7 Å². The van der Waals surface area contributed by atoms with Gasteiger partial charge in [-0.3, -0.25) is 0 Å². The molecule has 1 atom stereocenters. The van der Waals surface area contributed by atoms with E-state index in [9.17, 15) is 0 Å². The van der Waals surface area contributed by atoms with Crippen LogP contribution in [-0.4, -0.2) is 19.2 Å². The number of rotatable bonds is 5. The molecule has 0 radical (unpaired) electrons. The van der Waals surface area contributed by atoms with Gasteiger partial charge in [-0.1, -0.05) is 28.8 Å². The summed E-state index contributed by atoms with van der Waals surface area (Å²) < 4.78 is 7.24. The molecule has 1 aromatic carbocycles. The van der Waals surface area contributed by atoms with Crippen molar-refractivity contribution in [2.45, 2.75) is 51.0 Å². The summed E-state index contributed by atoms with van der Waals surface area (Å²) in [7, 11) is 0. The Morgan fingerprint density at radius 1 is 1.15 bits per heavy atom. The third-order valence-electron chi connectivity index (χ3n) is 4.60. The summed E-state index contributed by atoms with van der Waals surface area (Å²) in [5.41, 5.74) is 1.35. The van der Waals surface area contributed by atoms with E-state index in [1.807, 2.05) is 0 Å². The summed E-state index contributed by atoms with van der Waals surface area (Å²) in [5.74, 6) is 1.88. The second-order valence-electron chi connectivity index (χ2n) is 6.21. The maximum atomic E-state index is 6.09. The number of nitrogens with one attached hydrogen (secondary N) is 1. The topological polar surface area (TPSA) is 21.3 Å². The largest absolute Gasteiger partial charge is 0.493 e. The third-order valence-corrected chi connectivity index (χ3v) is 5.09. The van der Waals surface area contributed by atoms with E-state index < -0.39 is 0 Å². The summed E-state index contributed by atoms with van der Waals surface area (Å²) in [4.78, 5) is 0. The fourth-order valence-corrected chi connectivity index (χ4v) is 3.49. The molecule has 3 heteroatoms. The average Bonchev–Trinajstić information content (AvgIpc) is 2.40. The lowest BCUT2D eigenvalue weighted by Crippen LogP contribution is -2.35. The summed E-state index contributed by atoms with van der Waals surface area (Å²) >= 11 is 3.59. The van der Waals surface area contributed by atoms with Crippen LogP contribution >= 0.6 is 15.9 Å². The van der Waals surface area contributed by atoms with Gasteiger partial charge in [-0.2, -0.15) is 0 Å². The van der Waals surface area contributed by atoms with Crippen LogP contribution in [0.2, 0.25) is 0 Å². The highest BCUT2D eigenvalue weighted by atomic mass is 79.9. The van der Waals surface area contributed by atoms with Gasteiger partial charge in [-0.25, -0.2) is 0 Å². The van der Waals surface area contributed by atoms with Gasteiger partial charge in [0.2, 0.25) is 0 Å². The van der Waals surface area contributed by atoms with Crippen LogP contribution in [0, 0.1) is 5.92 Å². The van der Waals surface area contributed by atoms with E-state index in [2.05, 4.69) is 39.4 Å². The minimum atomic E-state index is 0.615. The molecule has 0 amide bonds. The first kappa shape index (κ1) is 14.4. The van der Waals surface area contributed by atoms with Crippen LogP contribution in [0.4, 0.5) is 0 Å². The predicted molar refractivity (Wildman–Crippen MR) is 86.3 cm³/mol. The normalized spacial score (nSPS) is 23.4. The molecule has 110 valence electrons. The number of hydrogen-bond acceptors (Lipinski definition) is 2. The highest BCUT2D eigenvalue weighted by Crippen LogP contribution is 2.30. The number of halogens is 1. The lowest BCUT2D eigenvalue weighted by molar-refractivity contribution is 0.179. The Kier molecular flexibility index (Phi) is 5.00. The van der Waals surface area contributed by atoms with Gasteiger partial charge >= 0.3 is 0 Å². The monoisotopic (exact) mass is 337 g/mol. The van der Waals surface area contributed by atoms with Gasteiger partial charge in [0.15, 0.2) is 0 Å². The zero-order valence-electron chi connectivity index (χ0n) is 12.0. The second kappa shape index (κ2) is 6.95. The maximum Gasteiger partial charge on any atom is 0.122 e. The van der Waals surface area contributed by atoms with E-state index in [0.29, 0.717) is 6.04 Å². The molecule has 0 bridgehead atoms. The van der Waals surface area contributed by atoms with Gasteiger partial charge in [-0.05, 0) is 68.3 Å². The van der Waals surface area contributed by atoms with Crippen molar-refractivity contribution in [3.8, 4) is 5.75 Å². The Balaban J connectivity index is 1.64. The molecule has 2 fully saturated rings. The molecular formula is C17H24BrNO. The molecule has 1 N–H and O–H groups in total. The number of ether oxygens (including phenoxy) is 1. The van der Waals surface area contributed by atoms with E-state index in [1.165, 1.54) is 44.1 Å². The second-order valence-corrected chi connectivity index (χ2v) is 7.13. The first-order chi connectivity index (χ1) is 9.81. The van der Waals surface area contributed by atoms with Crippen LogP contribution in [0.1, 0.15) is 44.1 Å². The highest BCUT2D eigenvalue weighted by molar-refractivity contribution is 9.10. The molecule has 1 unspecified atom stereocenters. The van der Waals surface area contributed by atoms with Crippen LogP contribution in [0.15, 0.2) is 22.7 Å². The van der Waals surface area contributed by atoms with Gasteiger partial charge < -0.3 is 10.1 Å². The molecule has 2 aliphatic rings. The van der Waals surface area contributed by atoms with Gasteiger partial charge in [0, 0.05) is 10.5 Å². The van der Waals surface area contributed by atoms with Crippen molar-refractivity contribution in [1.29, 1.82) is 0 Å². The van der Waals surface area contributed by atoms with Crippen molar-refractivity contribution in [2.24, 2.45) is 5.92 Å². The minimum absolute atomic E-state index is 0.615. The molecule has 2 nitrogen and oxygen atoms in total.